The van der Waals surface area contributed by atoms with Crippen LogP contribution in [0.1, 0.15) is 21.8 Å². The normalized spacial score (nSPS) is 15.8. The minimum atomic E-state index is -0.630. The van der Waals surface area contributed by atoms with E-state index in [1.165, 1.54) is 0 Å². The molecule has 2 heterocycles. The Morgan fingerprint density at radius 1 is 1.12 bits per heavy atom. The van der Waals surface area contributed by atoms with Crippen LogP contribution in [-0.4, -0.2) is 19.1 Å². The van der Waals surface area contributed by atoms with E-state index in [1.807, 2.05) is 30.3 Å². The smallest absolute Gasteiger partial charge is 0.349 e. The van der Waals surface area contributed by atoms with Gasteiger partial charge in [-0.2, -0.15) is 0 Å². The van der Waals surface area contributed by atoms with Gasteiger partial charge in [0.2, 0.25) is 0 Å². The Kier molecular flexibility index (Phi) is 3.54. The SMILES string of the molecule is O=C(NCC1COc2ccccc21)c1cc2ccccc2oc1=O. The molecule has 120 valence electrons. The van der Waals surface area contributed by atoms with Gasteiger partial charge in [-0.05, 0) is 18.2 Å². The molecule has 0 spiro atoms. The van der Waals surface area contributed by atoms with E-state index in [9.17, 15) is 9.59 Å². The van der Waals surface area contributed by atoms with Crippen LogP contribution < -0.4 is 15.7 Å². The van der Waals surface area contributed by atoms with E-state index < -0.39 is 11.5 Å². The van der Waals surface area contributed by atoms with Crippen molar-refractivity contribution < 1.29 is 13.9 Å². The first-order valence-corrected chi connectivity index (χ1v) is 7.75. The molecule has 24 heavy (non-hydrogen) atoms. The second kappa shape index (κ2) is 5.85. The van der Waals surface area contributed by atoms with Crippen LogP contribution in [0.4, 0.5) is 0 Å². The van der Waals surface area contributed by atoms with Crippen LogP contribution >= 0.6 is 0 Å². The number of benzene rings is 2. The molecule has 0 bridgehead atoms. The zero-order chi connectivity index (χ0) is 16.5. The molecule has 0 radical (unpaired) electrons. The Balaban J connectivity index is 1.53. The minimum absolute atomic E-state index is 0.0147. The molecule has 0 saturated carbocycles. The lowest BCUT2D eigenvalue weighted by Crippen LogP contribution is -2.32. The van der Waals surface area contributed by atoms with E-state index in [0.717, 1.165) is 16.7 Å². The number of para-hydroxylation sites is 2. The molecule has 4 rings (SSSR count). The van der Waals surface area contributed by atoms with Gasteiger partial charge in [0.05, 0.1) is 6.61 Å². The Labute approximate surface area is 137 Å². The number of hydrogen-bond acceptors (Lipinski definition) is 4. The van der Waals surface area contributed by atoms with Crippen molar-refractivity contribution in [3.8, 4) is 5.75 Å². The standard InChI is InChI=1S/C19H15NO4/c21-18(15-9-12-5-1-3-7-16(12)24-19(15)22)20-10-13-11-23-17-8-4-2-6-14(13)17/h1-9,13H,10-11H2,(H,20,21). The maximum Gasteiger partial charge on any atom is 0.349 e. The van der Waals surface area contributed by atoms with E-state index in [1.54, 1.807) is 24.3 Å². The van der Waals surface area contributed by atoms with E-state index in [0.29, 0.717) is 18.7 Å². The van der Waals surface area contributed by atoms with Crippen molar-refractivity contribution in [1.82, 2.24) is 5.32 Å². The number of carbonyl (C=O) groups is 1. The van der Waals surface area contributed by atoms with Gasteiger partial charge in [0.25, 0.3) is 5.91 Å². The van der Waals surface area contributed by atoms with Gasteiger partial charge in [0.15, 0.2) is 0 Å². The first-order valence-electron chi connectivity index (χ1n) is 7.75. The van der Waals surface area contributed by atoms with Crippen LogP contribution in [0.15, 0.2) is 63.8 Å². The van der Waals surface area contributed by atoms with E-state index >= 15 is 0 Å². The van der Waals surface area contributed by atoms with Gasteiger partial charge >= 0.3 is 5.63 Å². The zero-order valence-corrected chi connectivity index (χ0v) is 12.8. The number of hydrogen-bond donors (Lipinski definition) is 1. The predicted octanol–water partition coefficient (Wildman–Crippen LogP) is 2.70. The summed E-state index contributed by atoms with van der Waals surface area (Å²) in [6, 6.07) is 16.4. The highest BCUT2D eigenvalue weighted by atomic mass is 16.5. The summed E-state index contributed by atoms with van der Waals surface area (Å²) in [5.41, 5.74) is 0.927. The van der Waals surface area contributed by atoms with Gasteiger partial charge < -0.3 is 14.5 Å². The molecule has 1 N–H and O–H groups in total. The largest absolute Gasteiger partial charge is 0.493 e. The minimum Gasteiger partial charge on any atom is -0.493 e. The Morgan fingerprint density at radius 2 is 1.92 bits per heavy atom. The zero-order valence-electron chi connectivity index (χ0n) is 12.8. The molecular formula is C19H15NO4. The summed E-state index contributed by atoms with van der Waals surface area (Å²) < 4.78 is 10.8. The summed E-state index contributed by atoms with van der Waals surface area (Å²) in [5.74, 6) is 0.499. The third kappa shape index (κ3) is 2.54. The van der Waals surface area contributed by atoms with Crippen molar-refractivity contribution >= 4 is 16.9 Å². The maximum atomic E-state index is 12.4. The van der Waals surface area contributed by atoms with E-state index in [4.69, 9.17) is 9.15 Å². The lowest BCUT2D eigenvalue weighted by Gasteiger charge is -2.10. The molecule has 1 amide bonds. The number of nitrogens with one attached hydrogen (secondary N) is 1. The summed E-state index contributed by atoms with van der Waals surface area (Å²) in [6.07, 6.45) is 0. The van der Waals surface area contributed by atoms with E-state index in [2.05, 4.69) is 5.32 Å². The van der Waals surface area contributed by atoms with Gasteiger partial charge in [-0.3, -0.25) is 4.79 Å². The molecule has 1 unspecified atom stereocenters. The van der Waals surface area contributed by atoms with E-state index in [-0.39, 0.29) is 11.5 Å². The molecule has 0 aliphatic carbocycles. The Bertz CT molecular complexity index is 976. The molecule has 1 aliphatic rings. The van der Waals surface area contributed by atoms with Gasteiger partial charge in [0, 0.05) is 23.4 Å². The lowest BCUT2D eigenvalue weighted by molar-refractivity contribution is 0.0946. The summed E-state index contributed by atoms with van der Waals surface area (Å²) in [4.78, 5) is 24.4. The van der Waals surface area contributed by atoms with Crippen molar-refractivity contribution in [2.75, 3.05) is 13.2 Å². The Morgan fingerprint density at radius 3 is 2.83 bits per heavy atom. The molecule has 5 nitrogen and oxygen atoms in total. The van der Waals surface area contributed by atoms with Crippen LogP contribution in [0.25, 0.3) is 11.0 Å². The fourth-order valence-electron chi connectivity index (χ4n) is 2.93. The lowest BCUT2D eigenvalue weighted by atomic mass is 10.0. The molecule has 0 fully saturated rings. The molecule has 2 aromatic carbocycles. The summed E-state index contributed by atoms with van der Waals surface area (Å²) in [7, 11) is 0. The Hall–Kier alpha value is -3.08. The average molecular weight is 321 g/mol. The summed E-state index contributed by atoms with van der Waals surface area (Å²) in [6.45, 7) is 0.925. The van der Waals surface area contributed by atoms with Gasteiger partial charge in [-0.1, -0.05) is 36.4 Å². The van der Waals surface area contributed by atoms with Crippen LogP contribution in [0, 0.1) is 0 Å². The monoisotopic (exact) mass is 321 g/mol. The number of ether oxygens (including phenoxy) is 1. The molecular weight excluding hydrogens is 306 g/mol. The van der Waals surface area contributed by atoms with Crippen LogP contribution in [-0.2, 0) is 0 Å². The first-order chi connectivity index (χ1) is 11.7. The van der Waals surface area contributed by atoms with Crippen molar-refractivity contribution in [3.05, 3.63) is 76.1 Å². The molecule has 1 aliphatic heterocycles. The fraction of sp³-hybridized carbons (Fsp3) is 0.158. The summed E-state index contributed by atoms with van der Waals surface area (Å²) >= 11 is 0. The van der Waals surface area contributed by atoms with Crippen molar-refractivity contribution in [3.63, 3.8) is 0 Å². The molecule has 5 heteroatoms. The third-order valence-corrected chi connectivity index (χ3v) is 4.19. The topological polar surface area (TPSA) is 68.5 Å². The fourth-order valence-corrected chi connectivity index (χ4v) is 2.93. The second-order valence-corrected chi connectivity index (χ2v) is 5.74. The second-order valence-electron chi connectivity index (χ2n) is 5.74. The van der Waals surface area contributed by atoms with Crippen LogP contribution in [0.5, 0.6) is 5.75 Å². The summed E-state index contributed by atoms with van der Waals surface area (Å²) in [5, 5.41) is 3.53. The molecule has 1 aromatic heterocycles. The maximum absolute atomic E-state index is 12.4. The molecule has 1 atom stereocenters. The predicted molar refractivity (Wildman–Crippen MR) is 89.5 cm³/mol. The first kappa shape index (κ1) is 14.5. The van der Waals surface area contributed by atoms with Gasteiger partial charge in [-0.25, -0.2) is 4.79 Å². The van der Waals surface area contributed by atoms with Crippen LogP contribution in [0.3, 0.4) is 0 Å². The van der Waals surface area contributed by atoms with Crippen LogP contribution in [0.2, 0.25) is 0 Å². The highest BCUT2D eigenvalue weighted by Gasteiger charge is 2.24. The van der Waals surface area contributed by atoms with Crippen molar-refractivity contribution in [2.24, 2.45) is 0 Å². The number of fused-ring (bicyclic) bond motifs is 2. The number of amides is 1. The van der Waals surface area contributed by atoms with Gasteiger partial charge in [-0.15, -0.1) is 0 Å². The van der Waals surface area contributed by atoms with Gasteiger partial charge in [0.1, 0.15) is 16.9 Å². The quantitative estimate of drug-likeness (QED) is 0.753. The third-order valence-electron chi connectivity index (χ3n) is 4.19. The molecule has 3 aromatic rings. The molecule has 0 saturated heterocycles. The van der Waals surface area contributed by atoms with Crippen molar-refractivity contribution in [2.45, 2.75) is 5.92 Å². The number of rotatable bonds is 3. The highest BCUT2D eigenvalue weighted by Crippen LogP contribution is 2.32. The average Bonchev–Trinajstić information content (AvgIpc) is 3.02. The highest BCUT2D eigenvalue weighted by molar-refractivity contribution is 5.96. The van der Waals surface area contributed by atoms with Crippen molar-refractivity contribution in [1.29, 1.82) is 0 Å². The number of carbonyl (C=O) groups excluding carboxylic acids is 1.